The standard InChI is InChI=1S/C12H24O3Si3/c1-17(2)14-12(10-13-16,15-18(3)4)11-8-6-5-7-9-11/h5-9,17-18H,10H2,1-4,16H3. The van der Waals surface area contributed by atoms with E-state index in [0.29, 0.717) is 17.1 Å². The highest BCUT2D eigenvalue weighted by Crippen LogP contribution is 2.29. The van der Waals surface area contributed by atoms with Gasteiger partial charge in [-0.25, -0.2) is 0 Å². The number of benzene rings is 1. The van der Waals surface area contributed by atoms with Crippen LogP contribution in [-0.2, 0) is 19.1 Å². The Morgan fingerprint density at radius 2 is 1.50 bits per heavy atom. The lowest BCUT2D eigenvalue weighted by atomic mass is 10.1. The molecule has 0 N–H and O–H groups in total. The SMILES string of the molecule is C[SiH](C)OC(CO[SiH3])(O[SiH](C)C)c1ccccc1. The average Bonchev–Trinajstić information content (AvgIpc) is 2.28. The van der Waals surface area contributed by atoms with Crippen molar-refractivity contribution in [2.75, 3.05) is 6.61 Å². The van der Waals surface area contributed by atoms with Gasteiger partial charge >= 0.3 is 0 Å². The van der Waals surface area contributed by atoms with E-state index in [1.54, 1.807) is 0 Å². The summed E-state index contributed by atoms with van der Waals surface area (Å²) in [4.78, 5) is 0. The molecule has 0 saturated heterocycles. The summed E-state index contributed by atoms with van der Waals surface area (Å²) >= 11 is 0. The summed E-state index contributed by atoms with van der Waals surface area (Å²) in [6.07, 6.45) is 0. The Morgan fingerprint density at radius 1 is 1.00 bits per heavy atom. The molecule has 0 aromatic heterocycles. The first-order valence-corrected chi connectivity index (χ1v) is 12.8. The molecule has 1 rings (SSSR count). The van der Waals surface area contributed by atoms with Crippen LogP contribution in [0.25, 0.3) is 0 Å². The molecule has 0 radical (unpaired) electrons. The van der Waals surface area contributed by atoms with Crippen molar-refractivity contribution >= 4 is 28.6 Å². The van der Waals surface area contributed by atoms with Gasteiger partial charge < -0.3 is 13.3 Å². The van der Waals surface area contributed by atoms with Crippen LogP contribution in [0.5, 0.6) is 0 Å². The van der Waals surface area contributed by atoms with Gasteiger partial charge in [-0.05, 0) is 26.2 Å². The van der Waals surface area contributed by atoms with Crippen LogP contribution in [0.3, 0.4) is 0 Å². The maximum atomic E-state index is 6.22. The third-order valence-electron chi connectivity index (χ3n) is 2.40. The second kappa shape index (κ2) is 7.37. The van der Waals surface area contributed by atoms with E-state index in [1.165, 1.54) is 0 Å². The molecule has 102 valence electrons. The van der Waals surface area contributed by atoms with Gasteiger partial charge in [-0.1, -0.05) is 30.3 Å². The van der Waals surface area contributed by atoms with Crippen LogP contribution in [0.15, 0.2) is 30.3 Å². The average molecular weight is 301 g/mol. The van der Waals surface area contributed by atoms with E-state index in [2.05, 4.69) is 38.3 Å². The normalized spacial score (nSPS) is 12.6. The minimum absolute atomic E-state index is 0.500. The predicted octanol–water partition coefficient (Wildman–Crippen LogP) is 1.14. The Hall–Kier alpha value is -0.249. The van der Waals surface area contributed by atoms with Crippen LogP contribution < -0.4 is 0 Å². The van der Waals surface area contributed by atoms with Gasteiger partial charge in [0.05, 0.1) is 6.61 Å². The van der Waals surface area contributed by atoms with E-state index in [-0.39, 0.29) is 0 Å². The Bertz CT molecular complexity index is 334. The van der Waals surface area contributed by atoms with Crippen molar-refractivity contribution in [3.05, 3.63) is 35.9 Å². The molecule has 18 heavy (non-hydrogen) atoms. The molecule has 0 unspecified atom stereocenters. The fraction of sp³-hybridized carbons (Fsp3) is 0.500. The molecule has 1 aromatic carbocycles. The van der Waals surface area contributed by atoms with Gasteiger partial charge in [0.15, 0.2) is 23.9 Å². The summed E-state index contributed by atoms with van der Waals surface area (Å²) in [6, 6.07) is 10.2. The summed E-state index contributed by atoms with van der Waals surface area (Å²) in [6.45, 7) is 9.15. The lowest BCUT2D eigenvalue weighted by Crippen LogP contribution is -2.44. The molecule has 0 aliphatic carbocycles. The smallest absolute Gasteiger partial charge is 0.198 e. The Morgan fingerprint density at radius 3 is 1.89 bits per heavy atom. The molecule has 0 saturated carbocycles. The van der Waals surface area contributed by atoms with Gasteiger partial charge in [0, 0.05) is 5.56 Å². The Balaban J connectivity index is 3.10. The van der Waals surface area contributed by atoms with E-state index in [4.69, 9.17) is 13.3 Å². The molecule has 1 aromatic rings. The summed E-state index contributed by atoms with van der Waals surface area (Å²) in [5.41, 5.74) is 1.07. The lowest BCUT2D eigenvalue weighted by Gasteiger charge is -2.37. The predicted molar refractivity (Wildman–Crippen MR) is 83.9 cm³/mol. The monoisotopic (exact) mass is 300 g/mol. The van der Waals surface area contributed by atoms with E-state index in [1.807, 2.05) is 18.2 Å². The number of hydrogen-bond acceptors (Lipinski definition) is 3. The summed E-state index contributed by atoms with van der Waals surface area (Å²) in [5, 5.41) is 0. The molecule has 6 heteroatoms. The molecular formula is C12H24O3Si3. The second-order valence-electron chi connectivity index (χ2n) is 4.89. The van der Waals surface area contributed by atoms with Crippen molar-refractivity contribution < 1.29 is 13.3 Å². The molecule has 3 nitrogen and oxygen atoms in total. The van der Waals surface area contributed by atoms with Crippen molar-refractivity contribution in [1.29, 1.82) is 0 Å². The zero-order valence-electron chi connectivity index (χ0n) is 12.0. The van der Waals surface area contributed by atoms with Crippen molar-refractivity contribution in [3.8, 4) is 0 Å². The minimum Gasteiger partial charge on any atom is -0.422 e. The first-order chi connectivity index (χ1) is 8.50. The Kier molecular flexibility index (Phi) is 6.47. The van der Waals surface area contributed by atoms with Crippen LogP contribution in [-0.4, -0.2) is 35.2 Å². The number of hydrogen-bond donors (Lipinski definition) is 0. The topological polar surface area (TPSA) is 27.7 Å². The first-order valence-electron chi connectivity index (χ1n) is 6.40. The van der Waals surface area contributed by atoms with Gasteiger partial charge in [0.25, 0.3) is 0 Å². The summed E-state index contributed by atoms with van der Waals surface area (Å²) < 4.78 is 17.9. The molecule has 0 heterocycles. The molecule has 0 atom stereocenters. The van der Waals surface area contributed by atoms with Gasteiger partial charge in [-0.3, -0.25) is 0 Å². The molecule has 0 amide bonds. The van der Waals surface area contributed by atoms with Crippen LogP contribution in [0.1, 0.15) is 5.56 Å². The number of rotatable bonds is 7. The quantitative estimate of drug-likeness (QED) is 0.558. The zero-order chi connectivity index (χ0) is 13.6. The van der Waals surface area contributed by atoms with E-state index in [9.17, 15) is 0 Å². The highest BCUT2D eigenvalue weighted by Gasteiger charge is 2.35. The molecule has 0 fully saturated rings. The van der Waals surface area contributed by atoms with Crippen molar-refractivity contribution in [2.45, 2.75) is 32.0 Å². The summed E-state index contributed by atoms with van der Waals surface area (Å²) in [5.74, 6) is -0.677. The highest BCUT2D eigenvalue weighted by atomic mass is 28.3. The van der Waals surface area contributed by atoms with E-state index in [0.717, 1.165) is 5.56 Å². The van der Waals surface area contributed by atoms with Crippen LogP contribution >= 0.6 is 0 Å². The van der Waals surface area contributed by atoms with Gasteiger partial charge in [-0.2, -0.15) is 0 Å². The second-order valence-corrected chi connectivity index (χ2v) is 10.1. The third-order valence-corrected chi connectivity index (χ3v) is 4.39. The fourth-order valence-electron chi connectivity index (χ4n) is 1.96. The van der Waals surface area contributed by atoms with Crippen molar-refractivity contribution in [1.82, 2.24) is 0 Å². The third kappa shape index (κ3) is 4.45. The fourth-order valence-corrected chi connectivity index (χ4v) is 4.49. The zero-order valence-corrected chi connectivity index (χ0v) is 16.3. The van der Waals surface area contributed by atoms with Crippen LogP contribution in [0.4, 0.5) is 0 Å². The maximum Gasteiger partial charge on any atom is 0.198 e. The minimum atomic E-state index is -1.22. The lowest BCUT2D eigenvalue weighted by molar-refractivity contribution is -0.151. The van der Waals surface area contributed by atoms with Gasteiger partial charge in [0.2, 0.25) is 0 Å². The first kappa shape index (κ1) is 15.8. The van der Waals surface area contributed by atoms with Crippen molar-refractivity contribution in [2.24, 2.45) is 0 Å². The molecule has 0 spiro atoms. The van der Waals surface area contributed by atoms with Crippen LogP contribution in [0, 0.1) is 0 Å². The molecule has 0 aliphatic rings. The summed E-state index contributed by atoms with van der Waals surface area (Å²) in [7, 11) is -1.75. The van der Waals surface area contributed by atoms with E-state index >= 15 is 0 Å². The van der Waals surface area contributed by atoms with Gasteiger partial charge in [0.1, 0.15) is 10.5 Å². The molecule has 0 bridgehead atoms. The maximum absolute atomic E-state index is 6.22. The van der Waals surface area contributed by atoms with Gasteiger partial charge in [-0.15, -0.1) is 0 Å². The highest BCUT2D eigenvalue weighted by molar-refractivity contribution is 6.49. The van der Waals surface area contributed by atoms with Crippen LogP contribution in [0.2, 0.25) is 26.2 Å². The Labute approximate surface area is 116 Å². The molecular weight excluding hydrogens is 276 g/mol. The largest absolute Gasteiger partial charge is 0.422 e. The van der Waals surface area contributed by atoms with E-state index < -0.39 is 23.9 Å². The molecule has 0 aliphatic heterocycles. The van der Waals surface area contributed by atoms with Crippen molar-refractivity contribution in [3.63, 3.8) is 0 Å².